The predicted molar refractivity (Wildman–Crippen MR) is 45.4 cm³/mol. The summed E-state index contributed by atoms with van der Waals surface area (Å²) in [6.07, 6.45) is 1.29. The van der Waals surface area contributed by atoms with Crippen LogP contribution in [0.2, 0.25) is 0 Å². The van der Waals surface area contributed by atoms with Gasteiger partial charge in [0, 0.05) is 19.5 Å². The van der Waals surface area contributed by atoms with Gasteiger partial charge in [-0.05, 0) is 7.05 Å². The number of hydrogen-bond donors (Lipinski definition) is 2. The molecule has 3 heteroatoms. The highest BCUT2D eigenvalue weighted by molar-refractivity contribution is 4.53. The second-order valence-electron chi connectivity index (χ2n) is 3.51. The van der Waals surface area contributed by atoms with Crippen LogP contribution >= 0.6 is 0 Å². The van der Waals surface area contributed by atoms with Crippen molar-refractivity contribution in [3.8, 4) is 0 Å². The van der Waals surface area contributed by atoms with E-state index in [-0.39, 0.29) is 0 Å². The minimum absolute atomic E-state index is 1.10. The summed E-state index contributed by atoms with van der Waals surface area (Å²) in [5.74, 6) is 0. The molecule has 3 nitrogen and oxygen atoms in total. The summed E-state index contributed by atoms with van der Waals surface area (Å²) in [5.41, 5.74) is 3.86. The lowest BCUT2D eigenvalue weighted by atomic mass is 10.3. The molecule has 0 aromatic rings. The number of quaternary nitrogens is 2. The first-order valence-electron chi connectivity index (χ1n) is 4.64. The second-order valence-corrected chi connectivity index (χ2v) is 3.51. The van der Waals surface area contributed by atoms with Gasteiger partial charge in [-0.25, -0.2) is 0 Å². The predicted octanol–water partition coefficient (Wildman–Crippen LogP) is -2.55. The van der Waals surface area contributed by atoms with Gasteiger partial charge in [0.2, 0.25) is 0 Å². The molecule has 1 aliphatic rings. The summed E-state index contributed by atoms with van der Waals surface area (Å²) in [6, 6.07) is 0. The Balaban J connectivity index is 2.07. The Morgan fingerprint density at radius 3 is 2.55 bits per heavy atom. The Morgan fingerprint density at radius 1 is 1.36 bits per heavy atom. The topological polar surface area (TPSA) is 35.3 Å². The quantitative estimate of drug-likeness (QED) is 0.467. The van der Waals surface area contributed by atoms with Gasteiger partial charge in [-0.15, -0.1) is 0 Å². The number of piperazine rings is 1. The highest BCUT2D eigenvalue weighted by atomic mass is 15.2. The van der Waals surface area contributed by atoms with Crippen molar-refractivity contribution < 1.29 is 10.6 Å². The van der Waals surface area contributed by atoms with E-state index in [4.69, 9.17) is 0 Å². The van der Waals surface area contributed by atoms with Crippen molar-refractivity contribution in [2.45, 2.75) is 6.42 Å². The Labute approximate surface area is 69.1 Å². The number of likely N-dealkylation sites (N-methyl/N-ethyl adjacent to an activating group) is 1. The average molecular weight is 159 g/mol. The normalized spacial score (nSPS) is 22.4. The molecule has 1 rings (SSSR count). The van der Waals surface area contributed by atoms with Crippen molar-refractivity contribution in [2.24, 2.45) is 0 Å². The van der Waals surface area contributed by atoms with Gasteiger partial charge in [0.05, 0.1) is 26.2 Å². The number of rotatable bonds is 3. The van der Waals surface area contributed by atoms with Crippen LogP contribution in [0.25, 0.3) is 0 Å². The fourth-order valence-electron chi connectivity index (χ4n) is 1.56. The van der Waals surface area contributed by atoms with Crippen LogP contribution in [0.1, 0.15) is 6.42 Å². The monoisotopic (exact) mass is 159 g/mol. The van der Waals surface area contributed by atoms with E-state index in [0.717, 1.165) is 6.54 Å². The summed E-state index contributed by atoms with van der Waals surface area (Å²) in [6.45, 7) is 7.63. The highest BCUT2D eigenvalue weighted by Gasteiger charge is 2.15. The third kappa shape index (κ3) is 3.18. The molecular weight excluding hydrogens is 138 g/mol. The molecule has 1 saturated heterocycles. The van der Waals surface area contributed by atoms with Crippen molar-refractivity contribution in [2.75, 3.05) is 46.3 Å². The lowest BCUT2D eigenvalue weighted by molar-refractivity contribution is -0.905. The van der Waals surface area contributed by atoms with E-state index >= 15 is 0 Å². The maximum Gasteiger partial charge on any atom is 0.0900 e. The van der Waals surface area contributed by atoms with Crippen LogP contribution in [0.3, 0.4) is 0 Å². The minimum atomic E-state index is 1.10. The first-order chi connectivity index (χ1) is 5.33. The molecule has 11 heavy (non-hydrogen) atoms. The van der Waals surface area contributed by atoms with Gasteiger partial charge >= 0.3 is 0 Å². The molecule has 0 bridgehead atoms. The molecule has 0 atom stereocenters. The first-order valence-corrected chi connectivity index (χ1v) is 4.64. The van der Waals surface area contributed by atoms with Crippen molar-refractivity contribution >= 4 is 0 Å². The largest absolute Gasteiger partial charge is 0.357 e. The average Bonchev–Trinajstić information content (AvgIpc) is 2.04. The maximum absolute atomic E-state index is 3.86. The Kier molecular flexibility index (Phi) is 3.83. The molecule has 0 aromatic carbocycles. The van der Waals surface area contributed by atoms with Crippen LogP contribution in [-0.2, 0) is 0 Å². The Hall–Kier alpha value is -0.120. The van der Waals surface area contributed by atoms with Gasteiger partial charge in [-0.3, -0.25) is 4.90 Å². The fourth-order valence-corrected chi connectivity index (χ4v) is 1.56. The van der Waals surface area contributed by atoms with E-state index < -0.39 is 0 Å². The molecule has 0 amide bonds. The lowest BCUT2D eigenvalue weighted by Crippen LogP contribution is -3.14. The van der Waals surface area contributed by atoms with E-state index in [9.17, 15) is 0 Å². The van der Waals surface area contributed by atoms with E-state index in [1.165, 1.54) is 39.1 Å². The lowest BCUT2D eigenvalue weighted by Gasteiger charge is -2.29. The Morgan fingerprint density at radius 2 is 2.00 bits per heavy atom. The van der Waals surface area contributed by atoms with Gasteiger partial charge < -0.3 is 10.6 Å². The maximum atomic E-state index is 3.86. The molecule has 1 aliphatic heterocycles. The van der Waals surface area contributed by atoms with Gasteiger partial charge in [0.1, 0.15) is 0 Å². The molecule has 1 heterocycles. The standard InChI is InChI=1S/C8H19N3/c1-10-5-7-11(8-6-10)4-2-3-9/h2-9H2,1H3/p+2. The fraction of sp³-hybridized carbons (Fsp3) is 1.00. The van der Waals surface area contributed by atoms with Crippen molar-refractivity contribution in [1.29, 1.82) is 0 Å². The van der Waals surface area contributed by atoms with Gasteiger partial charge in [-0.1, -0.05) is 0 Å². The second kappa shape index (κ2) is 4.70. The van der Waals surface area contributed by atoms with Crippen molar-refractivity contribution in [3.63, 3.8) is 0 Å². The first kappa shape index (κ1) is 8.97. The smallest absolute Gasteiger partial charge is 0.0900 e. The summed E-state index contributed by atoms with van der Waals surface area (Å²) in [5, 5.41) is 0. The number of nitrogens with zero attached hydrogens (tertiary/aromatic N) is 1. The van der Waals surface area contributed by atoms with E-state index in [1.54, 1.807) is 4.90 Å². The molecule has 0 spiro atoms. The molecule has 0 aromatic heterocycles. The minimum Gasteiger partial charge on any atom is -0.357 e. The zero-order valence-corrected chi connectivity index (χ0v) is 7.60. The third-order valence-corrected chi connectivity index (χ3v) is 2.47. The zero-order chi connectivity index (χ0) is 8.10. The van der Waals surface area contributed by atoms with Crippen LogP contribution in [0.15, 0.2) is 0 Å². The number of nitrogens with one attached hydrogen (secondary N) is 1. The van der Waals surface area contributed by atoms with Crippen LogP contribution in [-0.4, -0.2) is 51.2 Å². The van der Waals surface area contributed by atoms with Crippen LogP contribution < -0.4 is 10.6 Å². The Bertz CT molecular complexity index is 94.8. The van der Waals surface area contributed by atoms with Gasteiger partial charge in [0.15, 0.2) is 0 Å². The van der Waals surface area contributed by atoms with E-state index in [1.807, 2.05) is 0 Å². The third-order valence-electron chi connectivity index (χ3n) is 2.47. The van der Waals surface area contributed by atoms with Crippen molar-refractivity contribution in [3.05, 3.63) is 0 Å². The molecule has 1 fully saturated rings. The molecule has 66 valence electrons. The molecule has 0 saturated carbocycles. The van der Waals surface area contributed by atoms with Crippen LogP contribution in [0.5, 0.6) is 0 Å². The number of hydrogen-bond acceptors (Lipinski definition) is 1. The zero-order valence-electron chi connectivity index (χ0n) is 7.60. The summed E-state index contributed by atoms with van der Waals surface area (Å²) in [4.78, 5) is 4.18. The summed E-state index contributed by atoms with van der Waals surface area (Å²) in [7, 11) is 2.21. The van der Waals surface area contributed by atoms with Crippen LogP contribution in [0, 0.1) is 0 Å². The van der Waals surface area contributed by atoms with E-state index in [0.29, 0.717) is 0 Å². The van der Waals surface area contributed by atoms with Gasteiger partial charge in [0.25, 0.3) is 0 Å². The SMILES string of the molecule is CN1CC[NH+](CCC[NH3+])CC1. The van der Waals surface area contributed by atoms with Crippen molar-refractivity contribution in [1.82, 2.24) is 4.90 Å². The molecular formula is C8H21N3+2. The van der Waals surface area contributed by atoms with Gasteiger partial charge in [-0.2, -0.15) is 0 Å². The molecule has 4 N–H and O–H groups in total. The highest BCUT2D eigenvalue weighted by Crippen LogP contribution is 1.81. The molecule has 0 aliphatic carbocycles. The molecule has 0 radical (unpaired) electrons. The summed E-state index contributed by atoms with van der Waals surface area (Å²) < 4.78 is 0. The molecule has 0 unspecified atom stereocenters. The van der Waals surface area contributed by atoms with E-state index in [2.05, 4.69) is 17.7 Å². The van der Waals surface area contributed by atoms with Crippen LogP contribution in [0.4, 0.5) is 0 Å². The summed E-state index contributed by atoms with van der Waals surface area (Å²) >= 11 is 0.